The van der Waals surface area contributed by atoms with E-state index in [4.69, 9.17) is 5.73 Å². The van der Waals surface area contributed by atoms with E-state index in [1.54, 1.807) is 0 Å². The second-order valence-corrected chi connectivity index (χ2v) is 5.79. The molecule has 2 fully saturated rings. The van der Waals surface area contributed by atoms with Gasteiger partial charge in [-0.3, -0.25) is 4.79 Å². The zero-order valence-corrected chi connectivity index (χ0v) is 10.4. The molecule has 0 aromatic heterocycles. The topological polar surface area (TPSA) is 46.3 Å². The molecule has 92 valence electrons. The molecule has 0 aromatic carbocycles. The number of nitrogens with zero attached hydrogens (tertiary/aromatic N) is 1. The molecule has 2 rings (SSSR count). The third-order valence-corrected chi connectivity index (χ3v) is 4.38. The van der Waals surface area contributed by atoms with E-state index in [-0.39, 0.29) is 5.41 Å². The average Bonchev–Trinajstić information content (AvgIpc) is 2.96. The Labute approximate surface area is 98.4 Å². The van der Waals surface area contributed by atoms with Gasteiger partial charge in [0.1, 0.15) is 0 Å². The number of nitrogens with two attached hydrogens (primary N) is 1. The van der Waals surface area contributed by atoms with Crippen LogP contribution >= 0.6 is 0 Å². The van der Waals surface area contributed by atoms with Crippen molar-refractivity contribution in [2.24, 2.45) is 17.1 Å². The molecule has 16 heavy (non-hydrogen) atoms. The molecule has 2 saturated carbocycles. The Morgan fingerprint density at radius 3 is 2.56 bits per heavy atom. The van der Waals surface area contributed by atoms with Gasteiger partial charge in [-0.2, -0.15) is 0 Å². The fourth-order valence-electron chi connectivity index (χ4n) is 2.49. The maximum absolute atomic E-state index is 11.9. The molecule has 0 aliphatic heterocycles. The molecule has 3 heteroatoms. The van der Waals surface area contributed by atoms with Gasteiger partial charge in [-0.15, -0.1) is 0 Å². The predicted molar refractivity (Wildman–Crippen MR) is 64.9 cm³/mol. The summed E-state index contributed by atoms with van der Waals surface area (Å²) in [6.45, 7) is 1.60. The summed E-state index contributed by atoms with van der Waals surface area (Å²) in [7, 11) is 1.93. The van der Waals surface area contributed by atoms with Gasteiger partial charge >= 0.3 is 0 Å². The Bertz CT molecular complexity index is 257. The van der Waals surface area contributed by atoms with E-state index >= 15 is 0 Å². The van der Waals surface area contributed by atoms with E-state index in [0.717, 1.165) is 31.8 Å². The van der Waals surface area contributed by atoms with Crippen molar-refractivity contribution in [3.05, 3.63) is 0 Å². The second-order valence-electron chi connectivity index (χ2n) is 5.79. The third-order valence-electron chi connectivity index (χ3n) is 4.38. The van der Waals surface area contributed by atoms with Crippen LogP contribution in [-0.4, -0.2) is 30.9 Å². The van der Waals surface area contributed by atoms with E-state index < -0.39 is 0 Å². The molecule has 1 amide bonds. The summed E-state index contributed by atoms with van der Waals surface area (Å²) in [6, 6.07) is 0. The summed E-state index contributed by atoms with van der Waals surface area (Å²) in [5.74, 6) is 1.15. The van der Waals surface area contributed by atoms with Crippen LogP contribution < -0.4 is 5.73 Å². The monoisotopic (exact) mass is 224 g/mol. The second kappa shape index (κ2) is 4.74. The van der Waals surface area contributed by atoms with Crippen molar-refractivity contribution in [3.8, 4) is 0 Å². The minimum Gasteiger partial charge on any atom is -0.345 e. The summed E-state index contributed by atoms with van der Waals surface area (Å²) >= 11 is 0. The molecule has 0 aromatic rings. The summed E-state index contributed by atoms with van der Waals surface area (Å²) < 4.78 is 0. The number of rotatable bonds is 6. The molecule has 0 spiro atoms. The van der Waals surface area contributed by atoms with Crippen molar-refractivity contribution in [1.82, 2.24) is 4.90 Å². The molecule has 0 atom stereocenters. The van der Waals surface area contributed by atoms with Gasteiger partial charge in [-0.25, -0.2) is 0 Å². The molecular formula is C13H24N2O. The predicted octanol–water partition coefficient (Wildman–Crippen LogP) is 1.76. The van der Waals surface area contributed by atoms with Crippen LogP contribution in [0.1, 0.15) is 44.9 Å². The van der Waals surface area contributed by atoms with Crippen LogP contribution in [0.15, 0.2) is 0 Å². The number of carbonyl (C=O) groups excluding carboxylic acids is 1. The van der Waals surface area contributed by atoms with E-state index in [0.29, 0.717) is 5.91 Å². The molecular weight excluding hydrogens is 200 g/mol. The van der Waals surface area contributed by atoms with Crippen LogP contribution in [0, 0.1) is 11.3 Å². The van der Waals surface area contributed by atoms with Crippen molar-refractivity contribution < 1.29 is 4.79 Å². The number of hydrogen-bond acceptors (Lipinski definition) is 2. The van der Waals surface area contributed by atoms with Crippen molar-refractivity contribution >= 4 is 5.91 Å². The van der Waals surface area contributed by atoms with Gasteiger partial charge in [-0.1, -0.05) is 19.3 Å². The first kappa shape index (κ1) is 11.9. The van der Waals surface area contributed by atoms with Crippen LogP contribution in [0.25, 0.3) is 0 Å². The Hall–Kier alpha value is -0.570. The fourth-order valence-corrected chi connectivity index (χ4v) is 2.49. The number of carbonyl (C=O) groups is 1. The summed E-state index contributed by atoms with van der Waals surface area (Å²) in [6.07, 6.45) is 8.27. The first-order chi connectivity index (χ1) is 7.65. The molecule has 3 nitrogen and oxygen atoms in total. The fraction of sp³-hybridized carbons (Fsp3) is 0.923. The van der Waals surface area contributed by atoms with Crippen molar-refractivity contribution in [1.29, 1.82) is 0 Å². The van der Waals surface area contributed by atoms with Gasteiger partial charge in [0.25, 0.3) is 0 Å². The molecule has 0 unspecified atom stereocenters. The molecule has 0 radical (unpaired) electrons. The van der Waals surface area contributed by atoms with Gasteiger partial charge in [0, 0.05) is 25.4 Å². The van der Waals surface area contributed by atoms with Crippen LogP contribution in [0.5, 0.6) is 0 Å². The third kappa shape index (κ3) is 2.76. The Kier molecular flexibility index (Phi) is 3.53. The molecule has 0 heterocycles. The van der Waals surface area contributed by atoms with E-state index in [2.05, 4.69) is 0 Å². The maximum atomic E-state index is 11.9. The van der Waals surface area contributed by atoms with Crippen LogP contribution in [0.4, 0.5) is 0 Å². The normalized spacial score (nSPS) is 22.6. The highest BCUT2D eigenvalue weighted by Crippen LogP contribution is 2.45. The van der Waals surface area contributed by atoms with Crippen molar-refractivity contribution in [2.45, 2.75) is 44.9 Å². The summed E-state index contributed by atoms with van der Waals surface area (Å²) in [5.41, 5.74) is 6.01. The van der Waals surface area contributed by atoms with Crippen molar-refractivity contribution in [3.63, 3.8) is 0 Å². The van der Waals surface area contributed by atoms with Gasteiger partial charge in [-0.05, 0) is 31.7 Å². The van der Waals surface area contributed by atoms with E-state index in [1.807, 2.05) is 11.9 Å². The minimum atomic E-state index is 0.279. The van der Waals surface area contributed by atoms with Gasteiger partial charge in [0.15, 0.2) is 0 Å². The lowest BCUT2D eigenvalue weighted by Crippen LogP contribution is -2.36. The summed E-state index contributed by atoms with van der Waals surface area (Å²) in [4.78, 5) is 13.8. The summed E-state index contributed by atoms with van der Waals surface area (Å²) in [5, 5.41) is 0. The van der Waals surface area contributed by atoms with Gasteiger partial charge in [0.05, 0.1) is 0 Å². The first-order valence-electron chi connectivity index (χ1n) is 6.59. The molecule has 0 bridgehead atoms. The smallest absolute Gasteiger partial charge is 0.222 e. The standard InChI is InChI=1S/C13H24N2O/c1-15(10-13(9-14)7-8-13)12(16)6-5-11-3-2-4-11/h11H,2-10,14H2,1H3. The van der Waals surface area contributed by atoms with Gasteiger partial charge in [0.2, 0.25) is 5.91 Å². The number of hydrogen-bond donors (Lipinski definition) is 1. The molecule has 0 saturated heterocycles. The molecule has 2 N–H and O–H groups in total. The number of amides is 1. The van der Waals surface area contributed by atoms with Crippen LogP contribution in [0.2, 0.25) is 0 Å². The van der Waals surface area contributed by atoms with Gasteiger partial charge < -0.3 is 10.6 Å². The lowest BCUT2D eigenvalue weighted by molar-refractivity contribution is -0.131. The van der Waals surface area contributed by atoms with Crippen molar-refractivity contribution in [2.75, 3.05) is 20.1 Å². The highest BCUT2D eigenvalue weighted by molar-refractivity contribution is 5.75. The highest BCUT2D eigenvalue weighted by atomic mass is 16.2. The van der Waals surface area contributed by atoms with E-state index in [9.17, 15) is 4.79 Å². The Balaban J connectivity index is 1.67. The van der Waals surface area contributed by atoms with E-state index in [1.165, 1.54) is 32.1 Å². The lowest BCUT2D eigenvalue weighted by Gasteiger charge is -2.27. The minimum absolute atomic E-state index is 0.279. The first-order valence-corrected chi connectivity index (χ1v) is 6.59. The average molecular weight is 224 g/mol. The Morgan fingerprint density at radius 1 is 1.44 bits per heavy atom. The SMILES string of the molecule is CN(CC1(CN)CC1)C(=O)CCC1CCC1. The highest BCUT2D eigenvalue weighted by Gasteiger charge is 2.42. The molecule has 2 aliphatic carbocycles. The molecule has 2 aliphatic rings. The zero-order chi connectivity index (χ0) is 11.6. The van der Waals surface area contributed by atoms with Crippen LogP contribution in [0.3, 0.4) is 0 Å². The Morgan fingerprint density at radius 2 is 2.12 bits per heavy atom. The maximum Gasteiger partial charge on any atom is 0.222 e. The van der Waals surface area contributed by atoms with Crippen LogP contribution in [-0.2, 0) is 4.79 Å². The quantitative estimate of drug-likeness (QED) is 0.747. The lowest BCUT2D eigenvalue weighted by atomic mass is 9.82. The largest absolute Gasteiger partial charge is 0.345 e. The zero-order valence-electron chi connectivity index (χ0n) is 10.4.